The SMILES string of the molecule is I.c1coc(CCNC(=NCC2CC2)NC2CCCC2)c1. The lowest BCUT2D eigenvalue weighted by molar-refractivity contribution is 0.506. The van der Waals surface area contributed by atoms with Crippen molar-refractivity contribution in [2.75, 3.05) is 13.1 Å². The number of aliphatic imine (C=N–C) groups is 1. The molecule has 5 heteroatoms. The van der Waals surface area contributed by atoms with Crippen LogP contribution in [0.3, 0.4) is 0 Å². The molecule has 21 heavy (non-hydrogen) atoms. The molecule has 2 saturated carbocycles. The first-order chi connectivity index (χ1) is 9.90. The first-order valence-electron chi connectivity index (χ1n) is 7.97. The molecule has 0 unspecified atom stereocenters. The van der Waals surface area contributed by atoms with E-state index in [0.717, 1.165) is 37.1 Å². The third-order valence-corrected chi connectivity index (χ3v) is 4.14. The summed E-state index contributed by atoms with van der Waals surface area (Å²) in [5, 5.41) is 7.03. The van der Waals surface area contributed by atoms with Crippen molar-refractivity contribution in [3.63, 3.8) is 0 Å². The molecule has 0 aliphatic heterocycles. The fourth-order valence-electron chi connectivity index (χ4n) is 2.70. The van der Waals surface area contributed by atoms with E-state index >= 15 is 0 Å². The minimum absolute atomic E-state index is 0. The number of guanidine groups is 1. The quantitative estimate of drug-likeness (QED) is 0.435. The Morgan fingerprint density at radius 2 is 2.05 bits per heavy atom. The Morgan fingerprint density at radius 3 is 2.71 bits per heavy atom. The van der Waals surface area contributed by atoms with Crippen LogP contribution in [0.1, 0.15) is 44.3 Å². The maximum Gasteiger partial charge on any atom is 0.191 e. The first-order valence-corrected chi connectivity index (χ1v) is 7.97. The highest BCUT2D eigenvalue weighted by Crippen LogP contribution is 2.28. The molecule has 2 aliphatic rings. The summed E-state index contributed by atoms with van der Waals surface area (Å²) in [6, 6.07) is 4.57. The van der Waals surface area contributed by atoms with Crippen LogP contribution in [0.5, 0.6) is 0 Å². The largest absolute Gasteiger partial charge is 0.469 e. The van der Waals surface area contributed by atoms with E-state index in [4.69, 9.17) is 9.41 Å². The highest BCUT2D eigenvalue weighted by atomic mass is 127. The smallest absolute Gasteiger partial charge is 0.191 e. The third kappa shape index (κ3) is 5.88. The molecule has 0 atom stereocenters. The number of rotatable bonds is 6. The van der Waals surface area contributed by atoms with Gasteiger partial charge in [0, 0.05) is 25.6 Å². The van der Waals surface area contributed by atoms with Crippen LogP contribution in [0.4, 0.5) is 0 Å². The van der Waals surface area contributed by atoms with E-state index in [1.807, 2.05) is 12.1 Å². The van der Waals surface area contributed by atoms with Gasteiger partial charge in [0.1, 0.15) is 5.76 Å². The first kappa shape index (κ1) is 16.6. The van der Waals surface area contributed by atoms with Gasteiger partial charge < -0.3 is 15.1 Å². The Morgan fingerprint density at radius 1 is 1.24 bits per heavy atom. The van der Waals surface area contributed by atoms with Crippen LogP contribution in [0.2, 0.25) is 0 Å². The van der Waals surface area contributed by atoms with Gasteiger partial charge in [-0.1, -0.05) is 12.8 Å². The van der Waals surface area contributed by atoms with Gasteiger partial charge in [0.05, 0.1) is 6.26 Å². The molecule has 0 amide bonds. The third-order valence-electron chi connectivity index (χ3n) is 4.14. The molecule has 118 valence electrons. The molecule has 3 rings (SSSR count). The van der Waals surface area contributed by atoms with Crippen molar-refractivity contribution in [2.24, 2.45) is 10.9 Å². The minimum atomic E-state index is 0. The zero-order valence-electron chi connectivity index (χ0n) is 12.5. The molecule has 2 N–H and O–H groups in total. The van der Waals surface area contributed by atoms with Gasteiger partial charge in [-0.3, -0.25) is 4.99 Å². The van der Waals surface area contributed by atoms with Gasteiger partial charge in [0.15, 0.2) is 5.96 Å². The molecule has 0 bridgehead atoms. The predicted molar refractivity (Wildman–Crippen MR) is 96.2 cm³/mol. The van der Waals surface area contributed by atoms with Crippen LogP contribution in [0.15, 0.2) is 27.8 Å². The van der Waals surface area contributed by atoms with Crippen LogP contribution in [-0.2, 0) is 6.42 Å². The molecular formula is C16H26IN3O. The second kappa shape index (κ2) is 8.66. The van der Waals surface area contributed by atoms with Gasteiger partial charge in [0.25, 0.3) is 0 Å². The van der Waals surface area contributed by atoms with Crippen molar-refractivity contribution in [2.45, 2.75) is 51.0 Å². The van der Waals surface area contributed by atoms with Crippen LogP contribution in [0, 0.1) is 5.92 Å². The Balaban J connectivity index is 0.00000161. The number of nitrogens with zero attached hydrogens (tertiary/aromatic N) is 1. The van der Waals surface area contributed by atoms with Crippen molar-refractivity contribution in [3.05, 3.63) is 24.2 Å². The second-order valence-corrected chi connectivity index (χ2v) is 6.01. The Hall–Kier alpha value is -0.720. The van der Waals surface area contributed by atoms with Crippen molar-refractivity contribution >= 4 is 29.9 Å². The van der Waals surface area contributed by atoms with Crippen LogP contribution in [-0.4, -0.2) is 25.1 Å². The highest BCUT2D eigenvalue weighted by Gasteiger charge is 2.21. The van der Waals surface area contributed by atoms with E-state index in [2.05, 4.69) is 10.6 Å². The van der Waals surface area contributed by atoms with E-state index in [1.165, 1.54) is 38.5 Å². The van der Waals surface area contributed by atoms with Crippen LogP contribution < -0.4 is 10.6 Å². The zero-order chi connectivity index (χ0) is 13.6. The fraction of sp³-hybridized carbons (Fsp3) is 0.688. The molecule has 1 aromatic rings. The van der Waals surface area contributed by atoms with Crippen molar-refractivity contribution in [1.82, 2.24) is 10.6 Å². The Labute approximate surface area is 144 Å². The molecule has 0 saturated heterocycles. The van der Waals surface area contributed by atoms with Gasteiger partial charge in [-0.2, -0.15) is 0 Å². The summed E-state index contributed by atoms with van der Waals surface area (Å²) in [6.07, 6.45) is 10.6. The van der Waals surface area contributed by atoms with E-state index in [1.54, 1.807) is 6.26 Å². The Kier molecular flexibility index (Phi) is 6.86. The molecule has 0 spiro atoms. The molecule has 2 fully saturated rings. The molecular weight excluding hydrogens is 377 g/mol. The summed E-state index contributed by atoms with van der Waals surface area (Å²) >= 11 is 0. The Bertz CT molecular complexity index is 423. The van der Waals surface area contributed by atoms with E-state index in [9.17, 15) is 0 Å². The maximum atomic E-state index is 5.36. The number of hydrogen-bond acceptors (Lipinski definition) is 2. The second-order valence-electron chi connectivity index (χ2n) is 6.01. The standard InChI is InChI=1S/C16H25N3O.HI/c1-2-5-14(4-1)19-16(18-12-13-7-8-13)17-10-9-15-6-3-11-20-15;/h3,6,11,13-14H,1-2,4-5,7-10,12H2,(H2,17,18,19);1H. The number of hydrogen-bond donors (Lipinski definition) is 2. The highest BCUT2D eigenvalue weighted by molar-refractivity contribution is 14.0. The summed E-state index contributed by atoms with van der Waals surface area (Å²) < 4.78 is 5.36. The van der Waals surface area contributed by atoms with Gasteiger partial charge in [-0.05, 0) is 43.7 Å². The average molecular weight is 403 g/mol. The van der Waals surface area contributed by atoms with E-state index in [-0.39, 0.29) is 24.0 Å². The van der Waals surface area contributed by atoms with E-state index < -0.39 is 0 Å². The maximum absolute atomic E-state index is 5.36. The van der Waals surface area contributed by atoms with Gasteiger partial charge in [-0.25, -0.2) is 0 Å². The summed E-state index contributed by atoms with van der Waals surface area (Å²) in [7, 11) is 0. The number of furan rings is 1. The monoisotopic (exact) mass is 403 g/mol. The van der Waals surface area contributed by atoms with Crippen LogP contribution in [0.25, 0.3) is 0 Å². The van der Waals surface area contributed by atoms with Crippen molar-refractivity contribution < 1.29 is 4.42 Å². The number of nitrogens with one attached hydrogen (secondary N) is 2. The average Bonchev–Trinajstić information content (AvgIpc) is 2.92. The molecule has 1 aromatic heterocycles. The fourth-order valence-corrected chi connectivity index (χ4v) is 2.70. The molecule has 0 aromatic carbocycles. The van der Waals surface area contributed by atoms with Gasteiger partial charge in [-0.15, -0.1) is 24.0 Å². The normalized spacial score (nSPS) is 19.3. The minimum Gasteiger partial charge on any atom is -0.469 e. The van der Waals surface area contributed by atoms with Crippen molar-refractivity contribution in [3.8, 4) is 0 Å². The van der Waals surface area contributed by atoms with Gasteiger partial charge in [0.2, 0.25) is 0 Å². The van der Waals surface area contributed by atoms with E-state index in [0.29, 0.717) is 6.04 Å². The topological polar surface area (TPSA) is 49.6 Å². The molecule has 1 heterocycles. The van der Waals surface area contributed by atoms with Crippen LogP contribution >= 0.6 is 24.0 Å². The summed E-state index contributed by atoms with van der Waals surface area (Å²) in [5.74, 6) is 2.86. The molecule has 0 radical (unpaired) electrons. The lowest BCUT2D eigenvalue weighted by Crippen LogP contribution is -2.43. The summed E-state index contributed by atoms with van der Waals surface area (Å²) in [6.45, 7) is 1.85. The summed E-state index contributed by atoms with van der Waals surface area (Å²) in [5.41, 5.74) is 0. The number of halogens is 1. The van der Waals surface area contributed by atoms with Gasteiger partial charge >= 0.3 is 0 Å². The summed E-state index contributed by atoms with van der Waals surface area (Å²) in [4.78, 5) is 4.73. The predicted octanol–water partition coefficient (Wildman–Crippen LogP) is 3.33. The lowest BCUT2D eigenvalue weighted by atomic mass is 10.2. The lowest BCUT2D eigenvalue weighted by Gasteiger charge is -2.17. The van der Waals surface area contributed by atoms with Crippen molar-refractivity contribution in [1.29, 1.82) is 0 Å². The molecule has 2 aliphatic carbocycles. The zero-order valence-corrected chi connectivity index (χ0v) is 14.8. The molecule has 4 nitrogen and oxygen atoms in total.